The molecule has 0 N–H and O–H groups in total. The van der Waals surface area contributed by atoms with Gasteiger partial charge in [0.25, 0.3) is 0 Å². The molecule has 1 aliphatic rings. The summed E-state index contributed by atoms with van der Waals surface area (Å²) in [5.74, 6) is 0. The highest BCUT2D eigenvalue weighted by atomic mass is 79.9. The van der Waals surface area contributed by atoms with Crippen molar-refractivity contribution in [2.45, 2.75) is 56.4 Å². The third-order valence-electron chi connectivity index (χ3n) is 2.91. The maximum atomic E-state index is 5.99. The molecule has 1 rings (SSSR count). The minimum Gasteiger partial charge on any atom is -0.374 e. The van der Waals surface area contributed by atoms with E-state index in [0.29, 0.717) is 4.83 Å². The van der Waals surface area contributed by atoms with Crippen LogP contribution < -0.4 is 0 Å². The summed E-state index contributed by atoms with van der Waals surface area (Å²) in [5, 5.41) is 0. The van der Waals surface area contributed by atoms with E-state index in [1.165, 1.54) is 31.3 Å². The lowest BCUT2D eigenvalue weighted by atomic mass is 9.80. The standard InChI is InChI=1S/C12H21BrO/c1-4-14-12(9-10(2)3)8-6-5-7-11(12)13/h11H,2,4-9H2,1,3H3. The Bertz CT molecular complexity index is 198. The second kappa shape index (κ2) is 5.32. The second-order valence-electron chi connectivity index (χ2n) is 4.34. The number of hydrogen-bond acceptors (Lipinski definition) is 1. The van der Waals surface area contributed by atoms with Gasteiger partial charge in [0.15, 0.2) is 0 Å². The van der Waals surface area contributed by atoms with Gasteiger partial charge in [-0.2, -0.15) is 0 Å². The summed E-state index contributed by atoms with van der Waals surface area (Å²) in [7, 11) is 0. The summed E-state index contributed by atoms with van der Waals surface area (Å²) in [5.41, 5.74) is 1.25. The van der Waals surface area contributed by atoms with Crippen LogP contribution in [0.15, 0.2) is 12.2 Å². The SMILES string of the molecule is C=C(C)CC1(OCC)CCCCC1Br. The Kier molecular flexibility index (Phi) is 4.65. The van der Waals surface area contributed by atoms with Crippen LogP contribution in [0, 0.1) is 0 Å². The van der Waals surface area contributed by atoms with Crippen molar-refractivity contribution < 1.29 is 4.74 Å². The smallest absolute Gasteiger partial charge is 0.0843 e. The van der Waals surface area contributed by atoms with Gasteiger partial charge in [0, 0.05) is 11.4 Å². The largest absolute Gasteiger partial charge is 0.374 e. The van der Waals surface area contributed by atoms with Crippen molar-refractivity contribution in [3.63, 3.8) is 0 Å². The molecule has 1 nitrogen and oxygen atoms in total. The molecular weight excluding hydrogens is 240 g/mol. The molecule has 0 aromatic heterocycles. The van der Waals surface area contributed by atoms with Crippen LogP contribution in [0.3, 0.4) is 0 Å². The lowest BCUT2D eigenvalue weighted by molar-refractivity contribution is -0.0572. The third-order valence-corrected chi connectivity index (χ3v) is 4.20. The van der Waals surface area contributed by atoms with Crippen molar-refractivity contribution >= 4 is 15.9 Å². The van der Waals surface area contributed by atoms with Crippen LogP contribution in [0.4, 0.5) is 0 Å². The first kappa shape index (κ1) is 12.3. The van der Waals surface area contributed by atoms with E-state index >= 15 is 0 Å². The third kappa shape index (κ3) is 2.83. The predicted octanol–water partition coefficient (Wildman–Crippen LogP) is 4.07. The van der Waals surface area contributed by atoms with E-state index in [1.807, 2.05) is 0 Å². The van der Waals surface area contributed by atoms with Crippen molar-refractivity contribution in [1.82, 2.24) is 0 Å². The van der Waals surface area contributed by atoms with E-state index in [2.05, 4.69) is 36.4 Å². The van der Waals surface area contributed by atoms with Crippen LogP contribution in [0.25, 0.3) is 0 Å². The molecule has 0 aromatic rings. The highest BCUT2D eigenvalue weighted by Crippen LogP contribution is 2.40. The minimum atomic E-state index is 0.0266. The molecule has 1 aliphatic carbocycles. The molecule has 1 saturated carbocycles. The zero-order valence-electron chi connectivity index (χ0n) is 9.31. The molecule has 2 heteroatoms. The van der Waals surface area contributed by atoms with Crippen LogP contribution in [0.5, 0.6) is 0 Å². The number of alkyl halides is 1. The van der Waals surface area contributed by atoms with Crippen LogP contribution in [0.2, 0.25) is 0 Å². The Labute approximate surface area is 96.0 Å². The molecule has 0 spiro atoms. The van der Waals surface area contributed by atoms with Crippen LogP contribution in [-0.2, 0) is 4.74 Å². The molecule has 2 atom stereocenters. The van der Waals surface area contributed by atoms with Gasteiger partial charge in [-0.25, -0.2) is 0 Å². The first-order valence-electron chi connectivity index (χ1n) is 5.53. The van der Waals surface area contributed by atoms with E-state index in [-0.39, 0.29) is 5.60 Å². The van der Waals surface area contributed by atoms with Gasteiger partial charge in [-0.05, 0) is 33.1 Å². The first-order valence-corrected chi connectivity index (χ1v) is 6.44. The summed E-state index contributed by atoms with van der Waals surface area (Å²) in [6.45, 7) is 8.98. The Hall–Kier alpha value is 0.180. The number of halogens is 1. The first-order chi connectivity index (χ1) is 6.60. The van der Waals surface area contributed by atoms with Gasteiger partial charge in [0.2, 0.25) is 0 Å². The zero-order chi connectivity index (χ0) is 10.6. The van der Waals surface area contributed by atoms with Gasteiger partial charge < -0.3 is 4.74 Å². The van der Waals surface area contributed by atoms with E-state index in [4.69, 9.17) is 4.74 Å². The highest BCUT2D eigenvalue weighted by Gasteiger charge is 2.39. The fraction of sp³-hybridized carbons (Fsp3) is 0.833. The molecule has 0 saturated heterocycles. The summed E-state index contributed by atoms with van der Waals surface area (Å²) < 4.78 is 5.99. The van der Waals surface area contributed by atoms with Crippen LogP contribution in [0.1, 0.15) is 46.0 Å². The van der Waals surface area contributed by atoms with Gasteiger partial charge in [-0.1, -0.05) is 34.3 Å². The van der Waals surface area contributed by atoms with Crippen molar-refractivity contribution in [2.75, 3.05) is 6.61 Å². The predicted molar refractivity (Wildman–Crippen MR) is 65.0 cm³/mol. The van der Waals surface area contributed by atoms with Crippen molar-refractivity contribution in [3.05, 3.63) is 12.2 Å². The molecule has 2 unspecified atom stereocenters. The van der Waals surface area contributed by atoms with E-state index in [9.17, 15) is 0 Å². The Morgan fingerprint density at radius 3 is 2.79 bits per heavy atom. The zero-order valence-corrected chi connectivity index (χ0v) is 10.9. The molecule has 0 aromatic carbocycles. The monoisotopic (exact) mass is 260 g/mol. The van der Waals surface area contributed by atoms with Crippen LogP contribution in [-0.4, -0.2) is 17.0 Å². The fourth-order valence-corrected chi connectivity index (χ4v) is 3.23. The van der Waals surface area contributed by atoms with Gasteiger partial charge in [0.05, 0.1) is 5.60 Å². The van der Waals surface area contributed by atoms with E-state index in [1.54, 1.807) is 0 Å². The summed E-state index contributed by atoms with van der Waals surface area (Å²) in [6, 6.07) is 0. The Morgan fingerprint density at radius 2 is 2.29 bits per heavy atom. The van der Waals surface area contributed by atoms with Crippen molar-refractivity contribution in [3.8, 4) is 0 Å². The summed E-state index contributed by atoms with van der Waals surface area (Å²) in [6.07, 6.45) is 6.00. The highest BCUT2D eigenvalue weighted by molar-refractivity contribution is 9.09. The molecule has 14 heavy (non-hydrogen) atoms. The maximum Gasteiger partial charge on any atom is 0.0843 e. The van der Waals surface area contributed by atoms with Gasteiger partial charge in [-0.3, -0.25) is 0 Å². The normalized spacial score (nSPS) is 32.9. The number of ether oxygens (including phenoxy) is 1. The quantitative estimate of drug-likeness (QED) is 0.547. The Morgan fingerprint density at radius 1 is 1.57 bits per heavy atom. The number of rotatable bonds is 4. The lowest BCUT2D eigenvalue weighted by Crippen LogP contribution is -2.44. The second-order valence-corrected chi connectivity index (χ2v) is 5.45. The van der Waals surface area contributed by atoms with Gasteiger partial charge in [0.1, 0.15) is 0 Å². The van der Waals surface area contributed by atoms with Crippen molar-refractivity contribution in [1.29, 1.82) is 0 Å². The average Bonchev–Trinajstić information content (AvgIpc) is 2.09. The Balaban J connectivity index is 2.71. The molecule has 0 amide bonds. The molecule has 0 bridgehead atoms. The molecule has 1 fully saturated rings. The molecule has 0 radical (unpaired) electrons. The average molecular weight is 261 g/mol. The fourth-order valence-electron chi connectivity index (χ4n) is 2.38. The molecule has 0 heterocycles. The van der Waals surface area contributed by atoms with Gasteiger partial charge >= 0.3 is 0 Å². The van der Waals surface area contributed by atoms with E-state index in [0.717, 1.165) is 13.0 Å². The number of hydrogen-bond donors (Lipinski definition) is 0. The summed E-state index contributed by atoms with van der Waals surface area (Å²) >= 11 is 3.78. The summed E-state index contributed by atoms with van der Waals surface area (Å²) in [4.78, 5) is 0.500. The van der Waals surface area contributed by atoms with Crippen molar-refractivity contribution in [2.24, 2.45) is 0 Å². The maximum absolute atomic E-state index is 5.99. The molecule has 0 aliphatic heterocycles. The molecular formula is C12H21BrO. The molecule has 82 valence electrons. The lowest BCUT2D eigenvalue weighted by Gasteiger charge is -2.41. The van der Waals surface area contributed by atoms with Crippen LogP contribution >= 0.6 is 15.9 Å². The minimum absolute atomic E-state index is 0.0266. The topological polar surface area (TPSA) is 9.23 Å². The van der Waals surface area contributed by atoms with E-state index < -0.39 is 0 Å². The van der Waals surface area contributed by atoms with Gasteiger partial charge in [-0.15, -0.1) is 6.58 Å².